The summed E-state index contributed by atoms with van der Waals surface area (Å²) < 4.78 is 0. The Kier molecular flexibility index (Phi) is 18.3. The minimum atomic E-state index is -1.97. The van der Waals surface area contributed by atoms with E-state index in [4.69, 9.17) is 10.2 Å². The fourth-order valence-corrected chi connectivity index (χ4v) is 3.39. The molecule has 0 aliphatic rings. The maximum Gasteiger partial charge on any atom is 0.224 e. The molecule has 0 radical (unpaired) electrons. The fraction of sp³-hybridized carbons (Fsp3) is 0.913. The fourth-order valence-electron chi connectivity index (χ4n) is 3.39. The van der Waals surface area contributed by atoms with Gasteiger partial charge in [0.25, 0.3) is 0 Å². The van der Waals surface area contributed by atoms with E-state index in [0.717, 1.165) is 19.3 Å². The van der Waals surface area contributed by atoms with E-state index in [1.54, 1.807) is 6.92 Å². The Labute approximate surface area is 173 Å². The third-order valence-corrected chi connectivity index (χ3v) is 5.30. The van der Waals surface area contributed by atoms with E-state index in [1.807, 2.05) is 0 Å². The highest BCUT2D eigenvalue weighted by Gasteiger charge is 2.30. The summed E-state index contributed by atoms with van der Waals surface area (Å²) in [5, 5.41) is 38.0. The molecule has 0 aromatic heterocycles. The summed E-state index contributed by atoms with van der Waals surface area (Å²) in [6.45, 7) is 4.23. The molecule has 0 bridgehead atoms. The maximum atomic E-state index is 9.91. The number of hydrogen-bond acceptors (Lipinski definition) is 5. The van der Waals surface area contributed by atoms with E-state index >= 15 is 0 Å². The average molecular weight is 402 g/mol. The van der Waals surface area contributed by atoms with Gasteiger partial charge in [0.05, 0.1) is 6.54 Å². The number of rotatable bonds is 20. The second-order valence-corrected chi connectivity index (χ2v) is 7.99. The molecule has 0 saturated heterocycles. The van der Waals surface area contributed by atoms with Crippen molar-refractivity contribution in [1.82, 2.24) is 4.90 Å². The van der Waals surface area contributed by atoms with Crippen molar-refractivity contribution in [3.8, 4) is 0 Å². The summed E-state index contributed by atoms with van der Waals surface area (Å²) in [6, 6.07) is 0. The Morgan fingerprint density at radius 3 is 1.64 bits per heavy atom. The van der Waals surface area contributed by atoms with Gasteiger partial charge in [-0.3, -0.25) is 0 Å². The van der Waals surface area contributed by atoms with Crippen LogP contribution in [0.4, 0.5) is 0 Å². The van der Waals surface area contributed by atoms with Gasteiger partial charge in [0.15, 0.2) is 6.29 Å². The Morgan fingerprint density at radius 1 is 0.714 bits per heavy atom. The Bertz CT molecular complexity index is 359. The van der Waals surface area contributed by atoms with E-state index in [2.05, 4.69) is 19.1 Å². The first kappa shape index (κ1) is 27.5. The molecule has 0 aliphatic carbocycles. The first-order valence-electron chi connectivity index (χ1n) is 11.6. The highest BCUT2D eigenvalue weighted by atomic mass is 16.5. The molecular formula is C23H47NO4. The van der Waals surface area contributed by atoms with Crippen LogP contribution in [0, 0.1) is 0 Å². The van der Waals surface area contributed by atoms with E-state index < -0.39 is 12.2 Å². The van der Waals surface area contributed by atoms with Crippen molar-refractivity contribution in [2.45, 2.75) is 122 Å². The molecule has 0 amide bonds. The number of allylic oxidation sites excluding steroid dienone is 2. The molecule has 4 N–H and O–H groups in total. The third kappa shape index (κ3) is 16.5. The zero-order valence-electron chi connectivity index (χ0n) is 18.5. The lowest BCUT2D eigenvalue weighted by Crippen LogP contribution is -2.51. The van der Waals surface area contributed by atoms with E-state index in [0.29, 0.717) is 6.54 Å². The third-order valence-electron chi connectivity index (χ3n) is 5.30. The second-order valence-electron chi connectivity index (χ2n) is 7.99. The molecule has 0 spiro atoms. The van der Waals surface area contributed by atoms with Gasteiger partial charge in [0.1, 0.15) is 0 Å². The Morgan fingerprint density at radius 2 is 1.18 bits per heavy atom. The number of aliphatic hydroxyl groups excluding tert-OH is 1. The number of aliphatic hydroxyl groups is 4. The van der Waals surface area contributed by atoms with Crippen molar-refractivity contribution in [3.63, 3.8) is 0 Å². The SMILES string of the molecule is CCCCCCCCC=CCCCCCCCCN(CC(O)O)C(O)(O)CC. The molecule has 0 rings (SSSR count). The molecule has 0 aromatic rings. The summed E-state index contributed by atoms with van der Waals surface area (Å²) in [5.74, 6) is -1.97. The highest BCUT2D eigenvalue weighted by molar-refractivity contribution is 4.81. The first-order valence-corrected chi connectivity index (χ1v) is 11.6. The van der Waals surface area contributed by atoms with E-state index in [1.165, 1.54) is 75.5 Å². The number of hydrogen-bond donors (Lipinski definition) is 4. The van der Waals surface area contributed by atoms with Gasteiger partial charge in [0, 0.05) is 13.0 Å². The lowest BCUT2D eigenvalue weighted by molar-refractivity contribution is -0.277. The van der Waals surface area contributed by atoms with Crippen molar-refractivity contribution < 1.29 is 20.4 Å². The molecule has 0 aromatic carbocycles. The van der Waals surface area contributed by atoms with Crippen LogP contribution in [0.3, 0.4) is 0 Å². The minimum absolute atomic E-state index is 0.131. The smallest absolute Gasteiger partial charge is 0.224 e. The predicted octanol–water partition coefficient (Wildman–Crippen LogP) is 4.69. The monoisotopic (exact) mass is 401 g/mol. The Balaban J connectivity index is 3.54. The molecule has 5 heteroatoms. The highest BCUT2D eigenvalue weighted by Crippen LogP contribution is 2.16. The average Bonchev–Trinajstić information content (AvgIpc) is 2.66. The number of unbranched alkanes of at least 4 members (excludes halogenated alkanes) is 12. The summed E-state index contributed by atoms with van der Waals surface area (Å²) in [4.78, 5) is 1.34. The molecular weight excluding hydrogens is 354 g/mol. The van der Waals surface area contributed by atoms with Crippen LogP contribution < -0.4 is 0 Å². The molecule has 0 atom stereocenters. The quantitative estimate of drug-likeness (QED) is 0.135. The van der Waals surface area contributed by atoms with Crippen molar-refractivity contribution >= 4 is 0 Å². The molecule has 168 valence electrons. The van der Waals surface area contributed by atoms with E-state index in [-0.39, 0.29) is 13.0 Å². The van der Waals surface area contributed by atoms with Crippen LogP contribution in [0.15, 0.2) is 12.2 Å². The molecule has 0 unspecified atom stereocenters. The zero-order chi connectivity index (χ0) is 21.1. The molecule has 5 nitrogen and oxygen atoms in total. The van der Waals surface area contributed by atoms with Crippen LogP contribution in [0.1, 0.15) is 110 Å². The lowest BCUT2D eigenvalue weighted by Gasteiger charge is -2.34. The number of nitrogens with zero attached hydrogens (tertiary/aromatic N) is 1. The van der Waals surface area contributed by atoms with Crippen molar-refractivity contribution in [3.05, 3.63) is 12.2 Å². The standard InChI is InChI=1S/C23H47NO4/c1-3-5-6-7-8-9-10-11-12-13-14-15-16-17-18-19-20-24(21-22(25)26)23(27,28)4-2/h11-12,22,25-28H,3-10,13-21H2,1-2H3. The van der Waals surface area contributed by atoms with Crippen LogP contribution in [-0.4, -0.2) is 50.6 Å². The molecule has 0 aliphatic heterocycles. The van der Waals surface area contributed by atoms with Crippen molar-refractivity contribution in [2.24, 2.45) is 0 Å². The van der Waals surface area contributed by atoms with Gasteiger partial charge in [-0.05, 0) is 32.1 Å². The van der Waals surface area contributed by atoms with Gasteiger partial charge < -0.3 is 20.4 Å². The minimum Gasteiger partial charge on any atom is -0.367 e. The van der Waals surface area contributed by atoms with Crippen LogP contribution in [0.25, 0.3) is 0 Å². The van der Waals surface area contributed by atoms with Crippen LogP contribution >= 0.6 is 0 Å². The topological polar surface area (TPSA) is 84.2 Å². The Hall–Kier alpha value is -0.460. The summed E-state index contributed by atoms with van der Waals surface area (Å²) in [7, 11) is 0. The second kappa shape index (κ2) is 18.6. The molecule has 0 saturated carbocycles. The molecule has 0 fully saturated rings. The van der Waals surface area contributed by atoms with Crippen LogP contribution in [0.2, 0.25) is 0 Å². The zero-order valence-corrected chi connectivity index (χ0v) is 18.5. The van der Waals surface area contributed by atoms with Gasteiger partial charge in [-0.25, -0.2) is 4.90 Å². The first-order chi connectivity index (χ1) is 13.4. The summed E-state index contributed by atoms with van der Waals surface area (Å²) in [5.41, 5.74) is 0. The van der Waals surface area contributed by atoms with Crippen LogP contribution in [-0.2, 0) is 0 Å². The van der Waals surface area contributed by atoms with Gasteiger partial charge >= 0.3 is 0 Å². The van der Waals surface area contributed by atoms with Crippen molar-refractivity contribution in [2.75, 3.05) is 13.1 Å². The van der Waals surface area contributed by atoms with E-state index in [9.17, 15) is 10.2 Å². The largest absolute Gasteiger partial charge is 0.367 e. The predicted molar refractivity (Wildman–Crippen MR) is 117 cm³/mol. The van der Waals surface area contributed by atoms with Crippen LogP contribution in [0.5, 0.6) is 0 Å². The molecule has 0 heterocycles. The van der Waals surface area contributed by atoms with Gasteiger partial charge in [0.2, 0.25) is 5.91 Å². The van der Waals surface area contributed by atoms with Gasteiger partial charge in [-0.2, -0.15) is 0 Å². The van der Waals surface area contributed by atoms with Gasteiger partial charge in [-0.1, -0.05) is 83.8 Å². The lowest BCUT2D eigenvalue weighted by atomic mass is 10.1. The maximum absolute atomic E-state index is 9.91. The summed E-state index contributed by atoms with van der Waals surface area (Å²) in [6.07, 6.45) is 20.5. The molecule has 28 heavy (non-hydrogen) atoms. The van der Waals surface area contributed by atoms with Gasteiger partial charge in [-0.15, -0.1) is 0 Å². The normalized spacial score (nSPS) is 12.7. The van der Waals surface area contributed by atoms with Crippen molar-refractivity contribution in [1.29, 1.82) is 0 Å². The summed E-state index contributed by atoms with van der Waals surface area (Å²) >= 11 is 0.